The van der Waals surface area contributed by atoms with Gasteiger partial charge in [-0.3, -0.25) is 4.90 Å². The SMILES string of the molecule is CSc1nsnc1O[C@@H]1CN2CCC1CC2. The Morgan fingerprint density at radius 2 is 2.19 bits per heavy atom. The molecular weight excluding hydrogens is 242 g/mol. The molecule has 3 saturated heterocycles. The van der Waals surface area contributed by atoms with Crippen LogP contribution in [0.1, 0.15) is 12.8 Å². The summed E-state index contributed by atoms with van der Waals surface area (Å²) < 4.78 is 14.5. The zero-order chi connectivity index (χ0) is 11.0. The van der Waals surface area contributed by atoms with Crippen LogP contribution in [-0.2, 0) is 0 Å². The molecule has 0 radical (unpaired) electrons. The lowest BCUT2D eigenvalue weighted by molar-refractivity contribution is -0.0110. The highest BCUT2D eigenvalue weighted by atomic mass is 32.2. The summed E-state index contributed by atoms with van der Waals surface area (Å²) in [6.07, 6.45) is 4.89. The molecule has 4 heterocycles. The molecule has 3 aliphatic rings. The third-order valence-electron chi connectivity index (χ3n) is 3.48. The number of hydrogen-bond acceptors (Lipinski definition) is 6. The Bertz CT molecular complexity index is 363. The maximum Gasteiger partial charge on any atom is 0.260 e. The Morgan fingerprint density at radius 3 is 2.81 bits per heavy atom. The minimum absolute atomic E-state index is 0.331. The van der Waals surface area contributed by atoms with Gasteiger partial charge in [-0.2, -0.15) is 4.37 Å². The number of nitrogens with zero attached hydrogens (tertiary/aromatic N) is 3. The molecule has 0 N–H and O–H groups in total. The van der Waals surface area contributed by atoms with Crippen molar-refractivity contribution in [3.05, 3.63) is 0 Å². The molecule has 16 heavy (non-hydrogen) atoms. The summed E-state index contributed by atoms with van der Waals surface area (Å²) in [6.45, 7) is 3.56. The first-order chi connectivity index (χ1) is 7.86. The lowest BCUT2D eigenvalue weighted by Crippen LogP contribution is -2.52. The molecule has 0 unspecified atom stereocenters. The maximum atomic E-state index is 6.03. The molecule has 0 spiro atoms. The molecule has 4 nitrogen and oxygen atoms in total. The minimum Gasteiger partial charge on any atom is -0.470 e. The van der Waals surface area contributed by atoms with Crippen LogP contribution in [0.2, 0.25) is 0 Å². The molecule has 88 valence electrons. The van der Waals surface area contributed by atoms with Gasteiger partial charge in [-0.25, -0.2) is 0 Å². The summed E-state index contributed by atoms with van der Waals surface area (Å²) in [5.74, 6) is 1.47. The monoisotopic (exact) mass is 257 g/mol. The van der Waals surface area contributed by atoms with E-state index in [1.54, 1.807) is 11.8 Å². The Balaban J connectivity index is 1.71. The molecule has 4 rings (SSSR count). The molecule has 6 heteroatoms. The van der Waals surface area contributed by atoms with Crippen molar-refractivity contribution in [2.75, 3.05) is 25.9 Å². The van der Waals surface area contributed by atoms with E-state index in [1.807, 2.05) is 6.26 Å². The average molecular weight is 257 g/mol. The molecular formula is C10H15N3OS2. The predicted octanol–water partition coefficient (Wildman–Crippen LogP) is 1.73. The maximum absolute atomic E-state index is 6.03. The van der Waals surface area contributed by atoms with Crippen LogP contribution in [-0.4, -0.2) is 45.6 Å². The second-order valence-corrected chi connectivity index (χ2v) is 5.70. The molecule has 0 aliphatic carbocycles. The van der Waals surface area contributed by atoms with Gasteiger partial charge in [0.1, 0.15) is 6.10 Å². The fraction of sp³-hybridized carbons (Fsp3) is 0.800. The van der Waals surface area contributed by atoms with Gasteiger partial charge in [-0.15, -0.1) is 16.1 Å². The molecule has 1 aromatic rings. The van der Waals surface area contributed by atoms with E-state index >= 15 is 0 Å². The third-order valence-corrected chi connectivity index (χ3v) is 4.76. The van der Waals surface area contributed by atoms with E-state index in [9.17, 15) is 0 Å². The van der Waals surface area contributed by atoms with Crippen LogP contribution >= 0.6 is 23.5 Å². The van der Waals surface area contributed by atoms with Gasteiger partial charge in [-0.1, -0.05) is 0 Å². The number of ether oxygens (including phenoxy) is 1. The summed E-state index contributed by atoms with van der Waals surface area (Å²) in [7, 11) is 0. The summed E-state index contributed by atoms with van der Waals surface area (Å²) in [6, 6.07) is 0. The van der Waals surface area contributed by atoms with E-state index in [-0.39, 0.29) is 0 Å². The Kier molecular flexibility index (Phi) is 3.04. The van der Waals surface area contributed by atoms with Crippen molar-refractivity contribution in [1.82, 2.24) is 13.6 Å². The predicted molar refractivity (Wildman–Crippen MR) is 65.3 cm³/mol. The van der Waals surface area contributed by atoms with Crippen LogP contribution in [0.25, 0.3) is 0 Å². The molecule has 1 atom stereocenters. The largest absolute Gasteiger partial charge is 0.470 e. The van der Waals surface area contributed by atoms with Crippen molar-refractivity contribution in [1.29, 1.82) is 0 Å². The van der Waals surface area contributed by atoms with Crippen LogP contribution in [0.4, 0.5) is 0 Å². The molecule has 2 bridgehead atoms. The zero-order valence-corrected chi connectivity index (χ0v) is 10.9. The van der Waals surface area contributed by atoms with Gasteiger partial charge in [-0.05, 0) is 38.1 Å². The standard InChI is InChI=1S/C10H15N3OS2/c1-15-10-9(11-16-12-10)14-8-6-13-4-2-7(8)3-5-13/h7-8H,2-6H2,1H3/t8-/m1/s1. The third kappa shape index (κ3) is 1.94. The van der Waals surface area contributed by atoms with Crippen molar-refractivity contribution in [2.45, 2.75) is 24.0 Å². The number of rotatable bonds is 3. The quantitative estimate of drug-likeness (QED) is 0.771. The van der Waals surface area contributed by atoms with Gasteiger partial charge in [0, 0.05) is 6.54 Å². The van der Waals surface area contributed by atoms with Crippen molar-refractivity contribution >= 4 is 23.5 Å². The highest BCUT2D eigenvalue weighted by Gasteiger charge is 2.36. The number of aromatic nitrogens is 2. The molecule has 0 amide bonds. The fourth-order valence-corrected chi connectivity index (χ4v) is 3.68. The van der Waals surface area contributed by atoms with Crippen LogP contribution < -0.4 is 4.74 Å². The van der Waals surface area contributed by atoms with Crippen molar-refractivity contribution in [3.8, 4) is 5.88 Å². The molecule has 0 aromatic carbocycles. The van der Waals surface area contributed by atoms with Crippen molar-refractivity contribution in [2.24, 2.45) is 5.92 Å². The van der Waals surface area contributed by atoms with E-state index in [2.05, 4.69) is 13.6 Å². The highest BCUT2D eigenvalue weighted by Crippen LogP contribution is 2.33. The summed E-state index contributed by atoms with van der Waals surface area (Å²) in [5, 5.41) is 0.932. The second-order valence-electron chi connectivity index (χ2n) is 4.37. The van der Waals surface area contributed by atoms with Gasteiger partial charge in [0.25, 0.3) is 5.88 Å². The Morgan fingerprint density at radius 1 is 1.38 bits per heavy atom. The Labute approximate surface area is 104 Å². The number of thioether (sulfide) groups is 1. The van der Waals surface area contributed by atoms with Gasteiger partial charge >= 0.3 is 0 Å². The highest BCUT2D eigenvalue weighted by molar-refractivity contribution is 7.98. The van der Waals surface area contributed by atoms with Crippen LogP contribution in [0, 0.1) is 5.92 Å². The van der Waals surface area contributed by atoms with Gasteiger partial charge in [0.2, 0.25) is 0 Å². The van der Waals surface area contributed by atoms with E-state index < -0.39 is 0 Å². The first kappa shape index (κ1) is 10.8. The van der Waals surface area contributed by atoms with Crippen LogP contribution in [0.15, 0.2) is 5.03 Å². The fourth-order valence-electron chi connectivity index (χ4n) is 2.56. The molecule has 3 fully saturated rings. The summed E-state index contributed by atoms with van der Waals surface area (Å²) in [4.78, 5) is 2.49. The van der Waals surface area contributed by atoms with Crippen molar-refractivity contribution in [3.63, 3.8) is 0 Å². The van der Waals surface area contributed by atoms with E-state index in [1.165, 1.54) is 37.7 Å². The van der Waals surface area contributed by atoms with Gasteiger partial charge < -0.3 is 4.74 Å². The zero-order valence-electron chi connectivity index (χ0n) is 9.26. The topological polar surface area (TPSA) is 38.3 Å². The average Bonchev–Trinajstić information content (AvgIpc) is 2.78. The first-order valence-electron chi connectivity index (χ1n) is 5.62. The van der Waals surface area contributed by atoms with E-state index in [0.29, 0.717) is 6.10 Å². The number of fused-ring (bicyclic) bond motifs is 3. The number of hydrogen-bond donors (Lipinski definition) is 0. The van der Waals surface area contributed by atoms with Gasteiger partial charge in [0.15, 0.2) is 5.03 Å². The van der Waals surface area contributed by atoms with E-state index in [0.717, 1.165) is 23.4 Å². The Hall–Kier alpha value is -0.330. The lowest BCUT2D eigenvalue weighted by atomic mass is 9.86. The molecule has 1 aromatic heterocycles. The molecule has 0 saturated carbocycles. The normalized spacial score (nSPS) is 32.9. The lowest BCUT2D eigenvalue weighted by Gasteiger charge is -2.43. The number of piperidine rings is 3. The van der Waals surface area contributed by atoms with Crippen LogP contribution in [0.5, 0.6) is 5.88 Å². The summed E-state index contributed by atoms with van der Waals surface area (Å²) >= 11 is 2.85. The van der Waals surface area contributed by atoms with E-state index in [4.69, 9.17) is 4.74 Å². The minimum atomic E-state index is 0.331. The molecule has 3 aliphatic heterocycles. The van der Waals surface area contributed by atoms with Crippen molar-refractivity contribution < 1.29 is 4.74 Å². The second kappa shape index (κ2) is 4.50. The first-order valence-corrected chi connectivity index (χ1v) is 7.58. The smallest absolute Gasteiger partial charge is 0.260 e. The summed E-state index contributed by atoms with van der Waals surface area (Å²) in [5.41, 5.74) is 0. The van der Waals surface area contributed by atoms with Gasteiger partial charge in [0.05, 0.1) is 11.7 Å². The van der Waals surface area contributed by atoms with Crippen LogP contribution in [0.3, 0.4) is 0 Å².